The van der Waals surface area contributed by atoms with Gasteiger partial charge in [0.15, 0.2) is 0 Å². The maximum atomic E-state index is 12.1. The van der Waals surface area contributed by atoms with Gasteiger partial charge in [-0.15, -0.1) is 0 Å². The van der Waals surface area contributed by atoms with Gasteiger partial charge in [0.2, 0.25) is 15.9 Å². The number of nitrogens with two attached hydrogens (primary N) is 2. The summed E-state index contributed by atoms with van der Waals surface area (Å²) >= 11 is 0. The number of para-hydroxylation sites is 1. The minimum Gasteiger partial charge on any atom is -0.323 e. The Morgan fingerprint density at radius 2 is 1.95 bits per heavy atom. The predicted molar refractivity (Wildman–Crippen MR) is 71.8 cm³/mol. The molecule has 0 radical (unpaired) electrons. The molecule has 0 saturated heterocycles. The fourth-order valence-corrected chi connectivity index (χ4v) is 2.64. The Bertz CT molecular complexity index is 606. The van der Waals surface area contributed by atoms with Crippen molar-refractivity contribution in [2.24, 2.45) is 16.8 Å². The molecule has 0 heterocycles. The lowest BCUT2D eigenvalue weighted by Gasteiger charge is -2.23. The molecule has 104 valence electrons. The van der Waals surface area contributed by atoms with Crippen molar-refractivity contribution in [3.8, 4) is 0 Å². The van der Waals surface area contributed by atoms with Gasteiger partial charge >= 0.3 is 0 Å². The molecule has 1 saturated carbocycles. The number of nitrogens with one attached hydrogen (secondary N) is 1. The van der Waals surface area contributed by atoms with Crippen molar-refractivity contribution in [2.75, 3.05) is 5.32 Å². The number of primary sulfonamides is 1. The molecule has 1 amide bonds. The van der Waals surface area contributed by atoms with E-state index in [-0.39, 0.29) is 16.5 Å². The van der Waals surface area contributed by atoms with E-state index in [1.165, 1.54) is 18.2 Å². The Kier molecular flexibility index (Phi) is 3.38. The van der Waals surface area contributed by atoms with Crippen LogP contribution >= 0.6 is 0 Å². The number of hydrogen-bond donors (Lipinski definition) is 3. The fourth-order valence-electron chi connectivity index (χ4n) is 1.94. The molecule has 7 heteroatoms. The number of hydrogen-bond acceptors (Lipinski definition) is 4. The third-order valence-electron chi connectivity index (χ3n) is 3.36. The first-order chi connectivity index (χ1) is 8.73. The molecule has 1 aliphatic carbocycles. The van der Waals surface area contributed by atoms with E-state index in [0.717, 1.165) is 12.8 Å². The number of sulfonamides is 1. The average Bonchev–Trinajstić information content (AvgIpc) is 3.12. The molecule has 0 aromatic heterocycles. The summed E-state index contributed by atoms with van der Waals surface area (Å²) in [6.07, 6.45) is 1.83. The highest BCUT2D eigenvalue weighted by Crippen LogP contribution is 2.38. The van der Waals surface area contributed by atoms with Gasteiger partial charge in [-0.1, -0.05) is 12.1 Å². The molecule has 1 fully saturated rings. The quantitative estimate of drug-likeness (QED) is 0.741. The number of amides is 1. The van der Waals surface area contributed by atoms with Gasteiger partial charge in [0.05, 0.1) is 11.2 Å². The molecule has 1 unspecified atom stereocenters. The van der Waals surface area contributed by atoms with E-state index < -0.39 is 21.5 Å². The summed E-state index contributed by atoms with van der Waals surface area (Å²) in [4.78, 5) is 12.0. The van der Waals surface area contributed by atoms with Crippen molar-refractivity contribution in [3.63, 3.8) is 0 Å². The molecule has 1 aromatic carbocycles. The van der Waals surface area contributed by atoms with Crippen LogP contribution in [0.4, 0.5) is 5.69 Å². The van der Waals surface area contributed by atoms with Crippen molar-refractivity contribution < 1.29 is 13.2 Å². The Balaban J connectivity index is 2.27. The topological polar surface area (TPSA) is 115 Å². The van der Waals surface area contributed by atoms with E-state index in [9.17, 15) is 13.2 Å². The van der Waals surface area contributed by atoms with Crippen LogP contribution in [-0.2, 0) is 14.8 Å². The van der Waals surface area contributed by atoms with Gasteiger partial charge in [-0.3, -0.25) is 4.79 Å². The van der Waals surface area contributed by atoms with Crippen LogP contribution < -0.4 is 16.2 Å². The van der Waals surface area contributed by atoms with Gasteiger partial charge in [0.1, 0.15) is 4.90 Å². The third-order valence-corrected chi connectivity index (χ3v) is 4.33. The second-order valence-electron chi connectivity index (χ2n) is 5.05. The van der Waals surface area contributed by atoms with Crippen LogP contribution in [0.1, 0.15) is 19.8 Å². The van der Waals surface area contributed by atoms with Crippen molar-refractivity contribution in [1.82, 2.24) is 0 Å². The molecule has 2 rings (SSSR count). The number of carbonyl (C=O) groups excluding carboxylic acids is 1. The Morgan fingerprint density at radius 3 is 2.47 bits per heavy atom. The number of rotatable bonds is 4. The molecule has 1 aliphatic rings. The second-order valence-corrected chi connectivity index (χ2v) is 6.58. The molecule has 6 nitrogen and oxygen atoms in total. The van der Waals surface area contributed by atoms with Gasteiger partial charge in [-0.2, -0.15) is 0 Å². The summed E-state index contributed by atoms with van der Waals surface area (Å²) in [5.41, 5.74) is 5.14. The highest BCUT2D eigenvalue weighted by molar-refractivity contribution is 7.89. The van der Waals surface area contributed by atoms with Gasteiger partial charge in [-0.05, 0) is 37.8 Å². The Morgan fingerprint density at radius 1 is 1.37 bits per heavy atom. The van der Waals surface area contributed by atoms with Gasteiger partial charge in [0, 0.05) is 0 Å². The molecule has 0 aliphatic heterocycles. The summed E-state index contributed by atoms with van der Waals surface area (Å²) in [6.45, 7) is 1.65. The number of carbonyl (C=O) groups is 1. The normalized spacial score (nSPS) is 18.7. The van der Waals surface area contributed by atoms with Crippen LogP contribution in [-0.4, -0.2) is 19.9 Å². The van der Waals surface area contributed by atoms with Crippen molar-refractivity contribution >= 4 is 21.6 Å². The first-order valence-corrected chi connectivity index (χ1v) is 7.49. The number of benzene rings is 1. The molecule has 19 heavy (non-hydrogen) atoms. The summed E-state index contributed by atoms with van der Waals surface area (Å²) < 4.78 is 22.9. The van der Waals surface area contributed by atoms with Crippen molar-refractivity contribution in [2.45, 2.75) is 30.2 Å². The maximum Gasteiger partial charge on any atom is 0.244 e. The molecule has 5 N–H and O–H groups in total. The first kappa shape index (κ1) is 14.0. The maximum absolute atomic E-state index is 12.1. The van der Waals surface area contributed by atoms with Gasteiger partial charge in [0.25, 0.3) is 0 Å². The van der Waals surface area contributed by atoms with E-state index in [1.54, 1.807) is 13.0 Å². The molecule has 0 spiro atoms. The van der Waals surface area contributed by atoms with Crippen LogP contribution in [0, 0.1) is 5.92 Å². The van der Waals surface area contributed by atoms with Crippen LogP contribution in [0.25, 0.3) is 0 Å². The monoisotopic (exact) mass is 283 g/mol. The third kappa shape index (κ3) is 2.94. The minimum absolute atomic E-state index is 0.116. The van der Waals surface area contributed by atoms with E-state index in [0.29, 0.717) is 0 Å². The zero-order valence-electron chi connectivity index (χ0n) is 10.6. The summed E-state index contributed by atoms with van der Waals surface area (Å²) in [6, 6.07) is 5.99. The lowest BCUT2D eigenvalue weighted by Crippen LogP contribution is -2.50. The zero-order chi connectivity index (χ0) is 14.3. The van der Waals surface area contributed by atoms with E-state index in [4.69, 9.17) is 10.9 Å². The summed E-state index contributed by atoms with van der Waals surface area (Å²) in [7, 11) is -3.88. The fraction of sp³-hybridized carbons (Fsp3) is 0.417. The van der Waals surface area contributed by atoms with Crippen molar-refractivity contribution in [3.05, 3.63) is 24.3 Å². The smallest absolute Gasteiger partial charge is 0.244 e. The SMILES string of the molecule is CC(N)(C(=O)Nc1ccccc1S(N)(=O)=O)C1CC1. The van der Waals surface area contributed by atoms with Gasteiger partial charge < -0.3 is 11.1 Å². The van der Waals surface area contributed by atoms with Crippen LogP contribution in [0.3, 0.4) is 0 Å². The highest BCUT2D eigenvalue weighted by atomic mass is 32.2. The Labute approximate surface area is 112 Å². The van der Waals surface area contributed by atoms with E-state index >= 15 is 0 Å². The average molecular weight is 283 g/mol. The molecular formula is C12H17N3O3S. The second kappa shape index (κ2) is 4.59. The zero-order valence-corrected chi connectivity index (χ0v) is 11.4. The summed E-state index contributed by atoms with van der Waals surface area (Å²) in [5, 5.41) is 7.66. The molecule has 0 bridgehead atoms. The first-order valence-electron chi connectivity index (χ1n) is 5.95. The van der Waals surface area contributed by atoms with E-state index in [2.05, 4.69) is 5.32 Å². The van der Waals surface area contributed by atoms with Gasteiger partial charge in [-0.25, -0.2) is 13.6 Å². The standard InChI is InChI=1S/C12H17N3O3S/c1-12(13,8-6-7-8)11(16)15-9-4-2-3-5-10(9)19(14,17)18/h2-5,8H,6-7,13H2,1H3,(H,15,16)(H2,14,17,18). The predicted octanol–water partition coefficient (Wildman–Crippen LogP) is 0.400. The lowest BCUT2D eigenvalue weighted by molar-refractivity contribution is -0.121. The van der Waals surface area contributed by atoms with Crippen molar-refractivity contribution in [1.29, 1.82) is 0 Å². The highest BCUT2D eigenvalue weighted by Gasteiger charge is 2.44. The lowest BCUT2D eigenvalue weighted by atomic mass is 9.96. The largest absolute Gasteiger partial charge is 0.323 e. The van der Waals surface area contributed by atoms with Crippen LogP contribution in [0.15, 0.2) is 29.2 Å². The summed E-state index contributed by atoms with van der Waals surface area (Å²) in [5.74, 6) is -0.250. The Hall–Kier alpha value is -1.44. The molecule has 1 aromatic rings. The molecule has 1 atom stereocenters. The molecular weight excluding hydrogens is 266 g/mol. The number of anilines is 1. The van der Waals surface area contributed by atoms with Crippen LogP contribution in [0.5, 0.6) is 0 Å². The van der Waals surface area contributed by atoms with E-state index in [1.807, 2.05) is 0 Å². The van der Waals surface area contributed by atoms with Crippen LogP contribution in [0.2, 0.25) is 0 Å². The minimum atomic E-state index is -3.88.